The average Bonchev–Trinajstić information content (AvgIpc) is 2.45. The SMILES string of the molecule is CCNC(c1cc(Br)ccc1C)c1c(F)ccc(C)c1F. The third-order valence-corrected chi connectivity index (χ3v) is 4.06. The van der Waals surface area contributed by atoms with Gasteiger partial charge in [-0.1, -0.05) is 35.0 Å². The van der Waals surface area contributed by atoms with E-state index in [9.17, 15) is 8.78 Å². The highest BCUT2D eigenvalue weighted by atomic mass is 79.9. The maximum Gasteiger partial charge on any atom is 0.134 e. The molecule has 0 aromatic heterocycles. The molecule has 1 unspecified atom stereocenters. The molecule has 2 rings (SSSR count). The first-order valence-electron chi connectivity index (χ1n) is 6.89. The first-order valence-corrected chi connectivity index (χ1v) is 7.69. The van der Waals surface area contributed by atoms with E-state index in [1.807, 2.05) is 32.0 Å². The molecule has 1 atom stereocenters. The molecule has 1 N–H and O–H groups in total. The third kappa shape index (κ3) is 3.33. The molecule has 0 fully saturated rings. The lowest BCUT2D eigenvalue weighted by Crippen LogP contribution is -2.25. The van der Waals surface area contributed by atoms with Crippen LogP contribution in [-0.2, 0) is 0 Å². The molecule has 21 heavy (non-hydrogen) atoms. The summed E-state index contributed by atoms with van der Waals surface area (Å²) in [5.74, 6) is -1.01. The number of halogens is 3. The van der Waals surface area contributed by atoms with E-state index in [0.717, 1.165) is 15.6 Å². The number of hydrogen-bond donors (Lipinski definition) is 1. The molecular formula is C17H18BrF2N. The fourth-order valence-electron chi connectivity index (χ4n) is 2.44. The first-order chi connectivity index (χ1) is 9.95. The van der Waals surface area contributed by atoms with Gasteiger partial charge in [-0.25, -0.2) is 8.78 Å². The van der Waals surface area contributed by atoms with Gasteiger partial charge in [0, 0.05) is 10.0 Å². The molecule has 0 radical (unpaired) electrons. The number of aryl methyl sites for hydroxylation is 2. The van der Waals surface area contributed by atoms with E-state index in [1.165, 1.54) is 12.1 Å². The Kier molecular flexibility index (Phi) is 5.12. The van der Waals surface area contributed by atoms with Crippen LogP contribution < -0.4 is 5.32 Å². The van der Waals surface area contributed by atoms with Crippen molar-refractivity contribution in [1.29, 1.82) is 0 Å². The molecule has 2 aromatic carbocycles. The molecule has 1 nitrogen and oxygen atoms in total. The largest absolute Gasteiger partial charge is 0.306 e. The van der Waals surface area contributed by atoms with Crippen molar-refractivity contribution in [1.82, 2.24) is 5.32 Å². The molecule has 0 heterocycles. The van der Waals surface area contributed by atoms with Crippen LogP contribution in [0, 0.1) is 25.5 Å². The minimum atomic E-state index is -0.525. The van der Waals surface area contributed by atoms with Gasteiger partial charge >= 0.3 is 0 Å². The van der Waals surface area contributed by atoms with E-state index in [2.05, 4.69) is 21.2 Å². The maximum absolute atomic E-state index is 14.5. The Bertz CT molecular complexity index is 655. The summed E-state index contributed by atoms with van der Waals surface area (Å²) in [6.07, 6.45) is 0. The van der Waals surface area contributed by atoms with E-state index >= 15 is 0 Å². The summed E-state index contributed by atoms with van der Waals surface area (Å²) < 4.78 is 29.6. The minimum absolute atomic E-state index is 0.0815. The monoisotopic (exact) mass is 353 g/mol. The van der Waals surface area contributed by atoms with Crippen molar-refractivity contribution in [2.24, 2.45) is 0 Å². The van der Waals surface area contributed by atoms with Crippen LogP contribution in [0.25, 0.3) is 0 Å². The van der Waals surface area contributed by atoms with Crippen LogP contribution in [0.1, 0.15) is 35.2 Å². The zero-order chi connectivity index (χ0) is 15.6. The molecule has 0 amide bonds. The Morgan fingerprint density at radius 3 is 2.43 bits per heavy atom. The zero-order valence-electron chi connectivity index (χ0n) is 12.3. The predicted octanol–water partition coefficient (Wildman–Crippen LogP) is 5.04. The summed E-state index contributed by atoms with van der Waals surface area (Å²) in [5, 5.41) is 3.19. The Balaban J connectivity index is 2.64. The molecule has 0 saturated carbocycles. The second-order valence-electron chi connectivity index (χ2n) is 5.08. The molecule has 0 spiro atoms. The zero-order valence-corrected chi connectivity index (χ0v) is 13.9. The standard InChI is InChI=1S/C17H18BrF2N/c1-4-21-17(13-9-12(18)7-5-10(13)2)15-14(19)8-6-11(3)16(15)20/h5-9,17,21H,4H2,1-3H3. The van der Waals surface area contributed by atoms with Gasteiger partial charge in [0.15, 0.2) is 0 Å². The molecule has 0 aliphatic heterocycles. The Labute approximate surface area is 132 Å². The number of hydrogen-bond acceptors (Lipinski definition) is 1. The van der Waals surface area contributed by atoms with Crippen molar-refractivity contribution in [3.63, 3.8) is 0 Å². The minimum Gasteiger partial charge on any atom is -0.306 e. The van der Waals surface area contributed by atoms with E-state index in [0.29, 0.717) is 12.1 Å². The maximum atomic E-state index is 14.5. The normalized spacial score (nSPS) is 12.5. The molecule has 2 aromatic rings. The molecule has 112 valence electrons. The smallest absolute Gasteiger partial charge is 0.134 e. The number of benzene rings is 2. The van der Waals surface area contributed by atoms with Crippen molar-refractivity contribution in [3.05, 3.63) is 68.7 Å². The van der Waals surface area contributed by atoms with Crippen LogP contribution in [-0.4, -0.2) is 6.54 Å². The predicted molar refractivity (Wildman–Crippen MR) is 85.5 cm³/mol. The van der Waals surface area contributed by atoms with E-state index < -0.39 is 17.7 Å². The second-order valence-corrected chi connectivity index (χ2v) is 6.00. The number of nitrogens with one attached hydrogen (secondary N) is 1. The fourth-order valence-corrected chi connectivity index (χ4v) is 2.82. The van der Waals surface area contributed by atoms with Crippen LogP contribution in [0.4, 0.5) is 8.78 Å². The molecule has 4 heteroatoms. The molecule has 0 aliphatic carbocycles. The van der Waals surface area contributed by atoms with Gasteiger partial charge in [-0.15, -0.1) is 0 Å². The van der Waals surface area contributed by atoms with E-state index in [4.69, 9.17) is 0 Å². The van der Waals surface area contributed by atoms with Gasteiger partial charge in [0.05, 0.1) is 6.04 Å². The first kappa shape index (κ1) is 16.1. The number of rotatable bonds is 4. The average molecular weight is 354 g/mol. The van der Waals surface area contributed by atoms with Crippen LogP contribution in [0.3, 0.4) is 0 Å². The highest BCUT2D eigenvalue weighted by Gasteiger charge is 2.23. The van der Waals surface area contributed by atoms with Crippen molar-refractivity contribution < 1.29 is 8.78 Å². The van der Waals surface area contributed by atoms with Crippen LogP contribution in [0.5, 0.6) is 0 Å². The van der Waals surface area contributed by atoms with Crippen LogP contribution in [0.2, 0.25) is 0 Å². The Morgan fingerprint density at radius 2 is 1.76 bits per heavy atom. The quantitative estimate of drug-likeness (QED) is 0.811. The van der Waals surface area contributed by atoms with E-state index in [1.54, 1.807) is 6.92 Å². The molecule has 0 bridgehead atoms. The summed E-state index contributed by atoms with van der Waals surface area (Å²) >= 11 is 3.42. The fraction of sp³-hybridized carbons (Fsp3) is 0.294. The van der Waals surface area contributed by atoms with E-state index in [-0.39, 0.29) is 5.56 Å². The van der Waals surface area contributed by atoms with Gasteiger partial charge in [-0.3, -0.25) is 0 Å². The summed E-state index contributed by atoms with van der Waals surface area (Å²) in [7, 11) is 0. The lowest BCUT2D eigenvalue weighted by atomic mass is 9.93. The summed E-state index contributed by atoms with van der Waals surface area (Å²) in [6.45, 7) is 6.13. The van der Waals surface area contributed by atoms with Crippen LogP contribution in [0.15, 0.2) is 34.8 Å². The van der Waals surface area contributed by atoms with Gasteiger partial charge in [0.2, 0.25) is 0 Å². The van der Waals surface area contributed by atoms with Gasteiger partial charge < -0.3 is 5.32 Å². The molecule has 0 saturated heterocycles. The van der Waals surface area contributed by atoms with Gasteiger partial charge in [0.1, 0.15) is 11.6 Å². The second kappa shape index (κ2) is 6.67. The van der Waals surface area contributed by atoms with Crippen molar-refractivity contribution in [3.8, 4) is 0 Å². The molecule has 0 aliphatic rings. The third-order valence-electron chi connectivity index (χ3n) is 3.57. The lowest BCUT2D eigenvalue weighted by Gasteiger charge is -2.23. The van der Waals surface area contributed by atoms with Crippen molar-refractivity contribution in [2.45, 2.75) is 26.8 Å². The van der Waals surface area contributed by atoms with Crippen molar-refractivity contribution >= 4 is 15.9 Å². The topological polar surface area (TPSA) is 12.0 Å². The van der Waals surface area contributed by atoms with Crippen molar-refractivity contribution in [2.75, 3.05) is 6.54 Å². The molecular weight excluding hydrogens is 336 g/mol. The summed E-state index contributed by atoms with van der Waals surface area (Å²) in [4.78, 5) is 0. The summed E-state index contributed by atoms with van der Waals surface area (Å²) in [5.41, 5.74) is 2.39. The van der Waals surface area contributed by atoms with Crippen LogP contribution >= 0.6 is 15.9 Å². The lowest BCUT2D eigenvalue weighted by molar-refractivity contribution is 0.505. The van der Waals surface area contributed by atoms with Gasteiger partial charge in [0.25, 0.3) is 0 Å². The highest BCUT2D eigenvalue weighted by Crippen LogP contribution is 2.31. The van der Waals surface area contributed by atoms with Gasteiger partial charge in [-0.2, -0.15) is 0 Å². The Morgan fingerprint density at radius 1 is 1.10 bits per heavy atom. The van der Waals surface area contributed by atoms with Gasteiger partial charge in [-0.05, 0) is 55.3 Å². The summed E-state index contributed by atoms with van der Waals surface area (Å²) in [6, 6.07) is 8.05. The Hall–Kier alpha value is -1.26. The highest BCUT2D eigenvalue weighted by molar-refractivity contribution is 9.10.